The lowest BCUT2D eigenvalue weighted by Gasteiger charge is -2.09. The Balaban J connectivity index is 2.69. The van der Waals surface area contributed by atoms with E-state index in [9.17, 15) is 9.59 Å². The number of carbonyl (C=O) groups excluding carboxylic acids is 1. The molecule has 1 amide bonds. The van der Waals surface area contributed by atoms with Gasteiger partial charge in [-0.25, -0.2) is 4.79 Å². The minimum absolute atomic E-state index is 0.174. The SMILES string of the molecule is CSc1nc(=O)[nH]c(C)c1C(=O)NCCCCCO. The molecule has 0 atom stereocenters. The number of aromatic amines is 1. The molecule has 1 aromatic rings. The Labute approximate surface area is 116 Å². The van der Waals surface area contributed by atoms with Crippen molar-refractivity contribution in [2.24, 2.45) is 0 Å². The maximum atomic E-state index is 12.1. The summed E-state index contributed by atoms with van der Waals surface area (Å²) in [7, 11) is 0. The van der Waals surface area contributed by atoms with E-state index in [-0.39, 0.29) is 12.5 Å². The van der Waals surface area contributed by atoms with Crippen LogP contribution in [0.4, 0.5) is 0 Å². The molecule has 0 unspecified atom stereocenters. The van der Waals surface area contributed by atoms with Crippen LogP contribution < -0.4 is 11.0 Å². The number of unbranched alkanes of at least 4 members (excludes halogenated alkanes) is 2. The number of aryl methyl sites for hydroxylation is 1. The van der Waals surface area contributed by atoms with Gasteiger partial charge in [0.05, 0.1) is 5.56 Å². The van der Waals surface area contributed by atoms with Crippen LogP contribution in [-0.4, -0.2) is 40.4 Å². The summed E-state index contributed by atoms with van der Waals surface area (Å²) in [6.45, 7) is 2.40. The van der Waals surface area contributed by atoms with Crippen molar-refractivity contribution in [3.63, 3.8) is 0 Å². The molecular weight excluding hydrogens is 266 g/mol. The minimum Gasteiger partial charge on any atom is -0.396 e. The van der Waals surface area contributed by atoms with E-state index in [0.717, 1.165) is 19.3 Å². The summed E-state index contributed by atoms with van der Waals surface area (Å²) in [4.78, 5) is 29.6. The lowest BCUT2D eigenvalue weighted by molar-refractivity contribution is 0.0948. The molecule has 0 aliphatic rings. The largest absolute Gasteiger partial charge is 0.396 e. The van der Waals surface area contributed by atoms with Crippen molar-refractivity contribution >= 4 is 17.7 Å². The van der Waals surface area contributed by atoms with Crippen molar-refractivity contribution in [2.45, 2.75) is 31.2 Å². The Kier molecular flexibility index (Phi) is 6.58. The Hall–Kier alpha value is -1.34. The molecule has 0 saturated carbocycles. The Morgan fingerprint density at radius 1 is 1.42 bits per heavy atom. The average Bonchev–Trinajstić information content (AvgIpc) is 2.37. The summed E-state index contributed by atoms with van der Waals surface area (Å²) in [5, 5.41) is 11.9. The van der Waals surface area contributed by atoms with Crippen LogP contribution in [0, 0.1) is 6.92 Å². The van der Waals surface area contributed by atoms with Gasteiger partial charge >= 0.3 is 5.69 Å². The molecule has 0 aliphatic carbocycles. The highest BCUT2D eigenvalue weighted by Crippen LogP contribution is 2.17. The van der Waals surface area contributed by atoms with Crippen LogP contribution in [0.3, 0.4) is 0 Å². The molecular formula is C12H19N3O3S. The zero-order valence-corrected chi connectivity index (χ0v) is 12.0. The zero-order chi connectivity index (χ0) is 14.3. The number of H-pyrrole nitrogens is 1. The number of nitrogens with one attached hydrogen (secondary N) is 2. The van der Waals surface area contributed by atoms with Gasteiger partial charge in [-0.3, -0.25) is 4.79 Å². The quantitative estimate of drug-likeness (QED) is 0.389. The summed E-state index contributed by atoms with van der Waals surface area (Å²) < 4.78 is 0. The molecule has 106 valence electrons. The molecule has 0 bridgehead atoms. The number of carbonyl (C=O) groups is 1. The van der Waals surface area contributed by atoms with E-state index in [2.05, 4.69) is 15.3 Å². The molecule has 0 fully saturated rings. The molecule has 0 aromatic carbocycles. The number of aliphatic hydroxyl groups is 1. The summed E-state index contributed by atoms with van der Waals surface area (Å²) in [6, 6.07) is 0. The maximum Gasteiger partial charge on any atom is 0.346 e. The lowest BCUT2D eigenvalue weighted by Crippen LogP contribution is -2.28. The molecule has 3 N–H and O–H groups in total. The summed E-state index contributed by atoms with van der Waals surface area (Å²) in [6.07, 6.45) is 4.20. The predicted octanol–water partition coefficient (Wildman–Crippen LogP) is 0.693. The number of aliphatic hydroxyl groups excluding tert-OH is 1. The third-order valence-electron chi connectivity index (χ3n) is 2.63. The molecule has 7 heteroatoms. The van der Waals surface area contributed by atoms with Gasteiger partial charge in [0.25, 0.3) is 5.91 Å². The molecule has 1 rings (SSSR count). The van der Waals surface area contributed by atoms with Gasteiger partial charge in [0, 0.05) is 18.8 Å². The lowest BCUT2D eigenvalue weighted by atomic mass is 10.2. The first kappa shape index (κ1) is 15.7. The van der Waals surface area contributed by atoms with Crippen molar-refractivity contribution in [1.82, 2.24) is 15.3 Å². The van der Waals surface area contributed by atoms with Crippen molar-refractivity contribution in [2.75, 3.05) is 19.4 Å². The van der Waals surface area contributed by atoms with Crippen LogP contribution in [-0.2, 0) is 0 Å². The fraction of sp³-hybridized carbons (Fsp3) is 0.583. The number of hydrogen-bond donors (Lipinski definition) is 3. The molecule has 6 nitrogen and oxygen atoms in total. The van der Waals surface area contributed by atoms with Crippen LogP contribution in [0.2, 0.25) is 0 Å². The van der Waals surface area contributed by atoms with E-state index in [0.29, 0.717) is 22.8 Å². The van der Waals surface area contributed by atoms with Gasteiger partial charge in [0.15, 0.2) is 0 Å². The van der Waals surface area contributed by atoms with Gasteiger partial charge in [-0.15, -0.1) is 11.8 Å². The number of rotatable bonds is 7. The van der Waals surface area contributed by atoms with Crippen LogP contribution >= 0.6 is 11.8 Å². The topological polar surface area (TPSA) is 95.1 Å². The Morgan fingerprint density at radius 3 is 2.79 bits per heavy atom. The highest BCUT2D eigenvalue weighted by Gasteiger charge is 2.16. The molecule has 1 aromatic heterocycles. The summed E-state index contributed by atoms with van der Waals surface area (Å²) in [5.41, 5.74) is 0.507. The van der Waals surface area contributed by atoms with Gasteiger partial charge in [-0.2, -0.15) is 4.98 Å². The minimum atomic E-state index is -0.443. The maximum absolute atomic E-state index is 12.1. The monoisotopic (exact) mass is 285 g/mol. The summed E-state index contributed by atoms with van der Waals surface area (Å²) in [5.74, 6) is -0.227. The Morgan fingerprint density at radius 2 is 2.16 bits per heavy atom. The highest BCUT2D eigenvalue weighted by atomic mass is 32.2. The van der Waals surface area contributed by atoms with Crippen molar-refractivity contribution in [1.29, 1.82) is 0 Å². The highest BCUT2D eigenvalue weighted by molar-refractivity contribution is 7.98. The molecule has 1 heterocycles. The van der Waals surface area contributed by atoms with E-state index in [1.54, 1.807) is 13.2 Å². The second kappa shape index (κ2) is 7.96. The van der Waals surface area contributed by atoms with E-state index >= 15 is 0 Å². The fourth-order valence-electron chi connectivity index (χ4n) is 1.68. The standard InChI is InChI=1S/C12H19N3O3S/c1-8-9(11(19-2)15-12(18)14-8)10(17)13-6-4-3-5-7-16/h16H,3-7H2,1-2H3,(H,13,17)(H,14,15,18). The van der Waals surface area contributed by atoms with Gasteiger partial charge < -0.3 is 15.4 Å². The van der Waals surface area contributed by atoms with Gasteiger partial charge in [0.2, 0.25) is 0 Å². The van der Waals surface area contributed by atoms with Crippen molar-refractivity contribution in [3.8, 4) is 0 Å². The first-order valence-electron chi connectivity index (χ1n) is 6.14. The normalized spacial score (nSPS) is 10.5. The van der Waals surface area contributed by atoms with E-state index in [1.807, 2.05) is 0 Å². The molecule has 0 radical (unpaired) electrons. The van der Waals surface area contributed by atoms with Crippen molar-refractivity contribution < 1.29 is 9.90 Å². The van der Waals surface area contributed by atoms with Crippen LogP contribution in [0.25, 0.3) is 0 Å². The average molecular weight is 285 g/mol. The third-order valence-corrected chi connectivity index (χ3v) is 3.31. The third kappa shape index (κ3) is 4.68. The van der Waals surface area contributed by atoms with Crippen molar-refractivity contribution in [3.05, 3.63) is 21.7 Å². The van der Waals surface area contributed by atoms with E-state index in [1.165, 1.54) is 11.8 Å². The number of hydrogen-bond acceptors (Lipinski definition) is 5. The first-order chi connectivity index (χ1) is 9.10. The van der Waals surface area contributed by atoms with Gasteiger partial charge in [-0.05, 0) is 32.4 Å². The molecule has 0 saturated heterocycles. The molecule has 19 heavy (non-hydrogen) atoms. The smallest absolute Gasteiger partial charge is 0.346 e. The number of nitrogens with zero attached hydrogens (tertiary/aromatic N) is 1. The van der Waals surface area contributed by atoms with Gasteiger partial charge in [0.1, 0.15) is 5.03 Å². The van der Waals surface area contributed by atoms with Crippen LogP contribution in [0.1, 0.15) is 35.3 Å². The second-order valence-electron chi connectivity index (χ2n) is 4.09. The van der Waals surface area contributed by atoms with Crippen LogP contribution in [0.5, 0.6) is 0 Å². The predicted molar refractivity (Wildman–Crippen MR) is 74.6 cm³/mol. The number of aromatic nitrogens is 2. The molecule has 0 aliphatic heterocycles. The van der Waals surface area contributed by atoms with E-state index < -0.39 is 5.69 Å². The van der Waals surface area contributed by atoms with Crippen LogP contribution in [0.15, 0.2) is 9.82 Å². The number of thioether (sulfide) groups is 1. The second-order valence-corrected chi connectivity index (χ2v) is 4.89. The zero-order valence-electron chi connectivity index (χ0n) is 11.2. The fourth-order valence-corrected chi connectivity index (χ4v) is 2.30. The Bertz CT molecular complexity index is 488. The number of amides is 1. The molecule has 0 spiro atoms. The van der Waals surface area contributed by atoms with E-state index in [4.69, 9.17) is 5.11 Å². The van der Waals surface area contributed by atoms with Gasteiger partial charge in [-0.1, -0.05) is 0 Å². The summed E-state index contributed by atoms with van der Waals surface area (Å²) >= 11 is 1.27. The first-order valence-corrected chi connectivity index (χ1v) is 7.36.